The van der Waals surface area contributed by atoms with Gasteiger partial charge in [0.15, 0.2) is 11.5 Å². The third-order valence-corrected chi connectivity index (χ3v) is 6.30. The molecule has 0 fully saturated rings. The highest BCUT2D eigenvalue weighted by molar-refractivity contribution is 6.01. The molecule has 4 rings (SSSR count). The van der Waals surface area contributed by atoms with Crippen LogP contribution in [0.2, 0.25) is 0 Å². The van der Waals surface area contributed by atoms with Crippen LogP contribution in [0.4, 0.5) is 18.9 Å². The van der Waals surface area contributed by atoms with Crippen molar-refractivity contribution in [2.24, 2.45) is 5.73 Å². The van der Waals surface area contributed by atoms with Gasteiger partial charge in [-0.3, -0.25) is 25.8 Å². The second kappa shape index (κ2) is 14.9. The maximum absolute atomic E-state index is 13.7. The lowest BCUT2D eigenvalue weighted by molar-refractivity contribution is -0.189. The average molecular weight is 670 g/mol. The van der Waals surface area contributed by atoms with Crippen LogP contribution in [0.5, 0.6) is 17.2 Å². The maximum atomic E-state index is 13.7. The van der Waals surface area contributed by atoms with Crippen molar-refractivity contribution in [3.8, 4) is 28.6 Å². The molecule has 0 aliphatic carbocycles. The van der Waals surface area contributed by atoms with Gasteiger partial charge in [-0.25, -0.2) is 4.79 Å². The molecule has 15 nitrogen and oxygen atoms in total. The molecule has 0 saturated carbocycles. The van der Waals surface area contributed by atoms with E-state index in [0.29, 0.717) is 11.3 Å². The van der Waals surface area contributed by atoms with Gasteiger partial charge in [0, 0.05) is 17.3 Å². The van der Waals surface area contributed by atoms with E-state index in [0.717, 1.165) is 12.1 Å². The molecular formula is C30H30F3N9O6. The topological polar surface area (TPSA) is 219 Å². The van der Waals surface area contributed by atoms with Crippen LogP contribution in [0.3, 0.4) is 0 Å². The summed E-state index contributed by atoms with van der Waals surface area (Å²) in [5.74, 6) is -4.66. The quantitative estimate of drug-likeness (QED) is 0.0422. The minimum atomic E-state index is -5.34. The van der Waals surface area contributed by atoms with E-state index in [1.165, 1.54) is 18.2 Å². The van der Waals surface area contributed by atoms with Gasteiger partial charge in [0.2, 0.25) is 5.82 Å². The second-order valence-corrected chi connectivity index (χ2v) is 10.1. The number of alkyl halides is 3. The van der Waals surface area contributed by atoms with E-state index >= 15 is 0 Å². The third kappa shape index (κ3) is 8.53. The SMILES string of the molecule is CCOc1cc(C(Nc2ccc(C(=N)N)c(OC(=O)C(F)(F)F)c2)C(=O)NNC(=O)c2ccccc2-c2nn[nH]n2)ccc1OC(C)C. The van der Waals surface area contributed by atoms with Gasteiger partial charge in [-0.05, 0) is 61.9 Å². The lowest BCUT2D eigenvalue weighted by atomic mass is 10.0. The Hall–Kier alpha value is -6.20. The summed E-state index contributed by atoms with van der Waals surface area (Å²) in [4.78, 5) is 38.5. The number of anilines is 1. The minimum Gasteiger partial charge on any atom is -0.490 e. The molecule has 3 aromatic carbocycles. The van der Waals surface area contributed by atoms with Crippen LogP contribution in [0.15, 0.2) is 60.7 Å². The first kappa shape index (κ1) is 34.7. The number of hydrogen-bond donors (Lipinski definition) is 6. The van der Waals surface area contributed by atoms with Gasteiger partial charge >= 0.3 is 12.1 Å². The van der Waals surface area contributed by atoms with Crippen molar-refractivity contribution in [3.05, 3.63) is 77.4 Å². The largest absolute Gasteiger partial charge is 0.491 e. The maximum Gasteiger partial charge on any atom is 0.491 e. The Balaban J connectivity index is 1.69. The molecule has 1 atom stereocenters. The second-order valence-electron chi connectivity index (χ2n) is 10.1. The highest BCUT2D eigenvalue weighted by Gasteiger charge is 2.42. The summed E-state index contributed by atoms with van der Waals surface area (Å²) in [6.07, 6.45) is -5.55. The number of nitrogens with two attached hydrogens (primary N) is 1. The first-order valence-corrected chi connectivity index (χ1v) is 14.2. The minimum absolute atomic E-state index is 0.0145. The third-order valence-electron chi connectivity index (χ3n) is 6.30. The number of carbonyl (C=O) groups is 3. The number of rotatable bonds is 12. The van der Waals surface area contributed by atoms with Crippen LogP contribution in [0.1, 0.15) is 48.3 Å². The molecule has 2 amide bonds. The number of amidine groups is 1. The molecule has 0 aliphatic rings. The summed E-state index contributed by atoms with van der Waals surface area (Å²) in [5, 5.41) is 24.1. The van der Waals surface area contributed by atoms with Gasteiger partial charge in [-0.1, -0.05) is 24.3 Å². The number of halogens is 3. The number of amides is 2. The first-order valence-electron chi connectivity index (χ1n) is 14.2. The highest BCUT2D eigenvalue weighted by atomic mass is 19.4. The number of ether oxygens (including phenoxy) is 3. The Bertz CT molecular complexity index is 1800. The fraction of sp³-hybridized carbons (Fsp3) is 0.233. The molecule has 7 N–H and O–H groups in total. The monoisotopic (exact) mass is 669 g/mol. The summed E-state index contributed by atoms with van der Waals surface area (Å²) >= 11 is 0. The van der Waals surface area contributed by atoms with Gasteiger partial charge in [0.1, 0.15) is 17.6 Å². The molecule has 48 heavy (non-hydrogen) atoms. The number of hydrogen-bond acceptors (Lipinski definition) is 11. The molecule has 1 aromatic heterocycles. The molecule has 252 valence electrons. The number of benzene rings is 3. The van der Waals surface area contributed by atoms with Crippen LogP contribution < -0.4 is 36.1 Å². The number of nitrogens with zero attached hydrogens (tertiary/aromatic N) is 3. The molecule has 0 bridgehead atoms. The van der Waals surface area contributed by atoms with Crippen molar-refractivity contribution < 1.29 is 41.8 Å². The Kier molecular flexibility index (Phi) is 10.8. The number of hydrazine groups is 1. The van der Waals surface area contributed by atoms with E-state index in [1.807, 2.05) is 13.8 Å². The zero-order chi connectivity index (χ0) is 35.0. The Morgan fingerprint density at radius 1 is 0.979 bits per heavy atom. The number of nitrogens with one attached hydrogen (secondary N) is 5. The summed E-state index contributed by atoms with van der Waals surface area (Å²) < 4.78 is 55.0. The first-order chi connectivity index (χ1) is 22.8. The Morgan fingerprint density at radius 3 is 2.38 bits per heavy atom. The van der Waals surface area contributed by atoms with Crippen LogP contribution in [-0.4, -0.2) is 63.1 Å². The fourth-order valence-corrected chi connectivity index (χ4v) is 4.28. The molecule has 4 aromatic rings. The van der Waals surface area contributed by atoms with Crippen molar-refractivity contribution in [3.63, 3.8) is 0 Å². The van der Waals surface area contributed by atoms with Gasteiger partial charge in [-0.15, -0.1) is 10.2 Å². The number of nitrogen functional groups attached to an aromatic ring is 1. The summed E-state index contributed by atoms with van der Waals surface area (Å²) in [6.45, 7) is 5.62. The smallest absolute Gasteiger partial charge is 0.490 e. The number of H-pyrrole nitrogens is 1. The van der Waals surface area contributed by atoms with E-state index < -0.39 is 41.6 Å². The van der Waals surface area contributed by atoms with Gasteiger partial charge in [0.05, 0.1) is 23.8 Å². The van der Waals surface area contributed by atoms with Gasteiger partial charge < -0.3 is 25.3 Å². The Labute approximate surface area is 270 Å². The molecule has 1 unspecified atom stereocenters. The number of aromatic amines is 1. The normalized spacial score (nSPS) is 11.7. The predicted octanol–water partition coefficient (Wildman–Crippen LogP) is 3.42. The molecule has 0 aliphatic heterocycles. The van der Waals surface area contributed by atoms with E-state index in [4.69, 9.17) is 20.6 Å². The van der Waals surface area contributed by atoms with E-state index in [2.05, 4.69) is 41.5 Å². The van der Waals surface area contributed by atoms with E-state index in [-0.39, 0.29) is 46.7 Å². The predicted molar refractivity (Wildman–Crippen MR) is 164 cm³/mol. The van der Waals surface area contributed by atoms with Crippen molar-refractivity contribution in [1.29, 1.82) is 5.41 Å². The van der Waals surface area contributed by atoms with Crippen LogP contribution >= 0.6 is 0 Å². The standard InChI is InChI=1S/C30H30F3N9O6/c1-4-46-23-13-16(9-12-21(23)47-15(2)3)24(36-17-10-11-20(25(34)35)22(14-17)48-29(45)30(31,32)33)28(44)40-39-27(43)19-8-6-5-7-18(19)26-37-41-42-38-26/h5-15,24,36H,4H2,1-3H3,(H3,34,35)(H,39,43)(H,40,44)(H,37,38,41,42). The lowest BCUT2D eigenvalue weighted by Gasteiger charge is -2.23. The molecule has 0 radical (unpaired) electrons. The molecule has 18 heteroatoms. The zero-order valence-corrected chi connectivity index (χ0v) is 25.6. The zero-order valence-electron chi connectivity index (χ0n) is 25.6. The van der Waals surface area contributed by atoms with E-state index in [9.17, 15) is 27.6 Å². The van der Waals surface area contributed by atoms with Crippen molar-refractivity contribution in [2.45, 2.75) is 39.1 Å². The lowest BCUT2D eigenvalue weighted by Crippen LogP contribution is -2.45. The number of carbonyl (C=O) groups excluding carboxylic acids is 3. The van der Waals surface area contributed by atoms with Crippen LogP contribution in [-0.2, 0) is 9.59 Å². The summed E-state index contributed by atoms with van der Waals surface area (Å²) in [7, 11) is 0. The van der Waals surface area contributed by atoms with Crippen molar-refractivity contribution in [2.75, 3.05) is 11.9 Å². The fourth-order valence-electron chi connectivity index (χ4n) is 4.28. The van der Waals surface area contributed by atoms with Crippen LogP contribution in [0, 0.1) is 5.41 Å². The summed E-state index contributed by atoms with van der Waals surface area (Å²) in [5.41, 5.74) is 10.5. The molecule has 0 saturated heterocycles. The number of tetrazole rings is 1. The van der Waals surface area contributed by atoms with Crippen molar-refractivity contribution in [1.82, 2.24) is 31.5 Å². The van der Waals surface area contributed by atoms with Gasteiger partial charge in [-0.2, -0.15) is 18.4 Å². The van der Waals surface area contributed by atoms with Crippen molar-refractivity contribution >= 4 is 29.3 Å². The molecular weight excluding hydrogens is 639 g/mol. The molecule has 1 heterocycles. The average Bonchev–Trinajstić information content (AvgIpc) is 3.58. The highest BCUT2D eigenvalue weighted by Crippen LogP contribution is 2.34. The number of aromatic nitrogens is 4. The van der Waals surface area contributed by atoms with Gasteiger partial charge in [0.25, 0.3) is 11.8 Å². The van der Waals surface area contributed by atoms with Crippen LogP contribution in [0.25, 0.3) is 11.4 Å². The number of esters is 1. The summed E-state index contributed by atoms with van der Waals surface area (Å²) in [6, 6.07) is 13.0. The Morgan fingerprint density at radius 2 is 1.73 bits per heavy atom. The van der Waals surface area contributed by atoms with E-state index in [1.54, 1.807) is 37.3 Å². The molecule has 0 spiro atoms.